The van der Waals surface area contributed by atoms with Gasteiger partial charge in [0.15, 0.2) is 0 Å². The molecule has 0 fully saturated rings. The Bertz CT molecular complexity index is 186. The van der Waals surface area contributed by atoms with Gasteiger partial charge in [0.2, 0.25) is 0 Å². The standard InChI is InChI=1S/C4H10O2.CH4O3S.CH2O2/c1-4(2-5)3-6;1-5(2,3)4;2-1-3/h4-6H,2-3H2,1H3;1H3,(H,2,3,4);1H,(H,2,3). The van der Waals surface area contributed by atoms with E-state index in [-0.39, 0.29) is 25.6 Å². The van der Waals surface area contributed by atoms with Crippen LogP contribution in [0.5, 0.6) is 0 Å². The van der Waals surface area contributed by atoms with Gasteiger partial charge in [0.25, 0.3) is 16.6 Å². The highest BCUT2D eigenvalue weighted by molar-refractivity contribution is 7.85. The zero-order valence-electron chi connectivity index (χ0n) is 7.99. The summed E-state index contributed by atoms with van der Waals surface area (Å²) < 4.78 is 25.9. The van der Waals surface area contributed by atoms with Gasteiger partial charge < -0.3 is 15.3 Å². The summed E-state index contributed by atoms with van der Waals surface area (Å²) in [7, 11) is -3.67. The quantitative estimate of drug-likeness (QED) is 0.347. The molecule has 0 unspecified atom stereocenters. The van der Waals surface area contributed by atoms with Crippen molar-refractivity contribution in [2.75, 3.05) is 19.5 Å². The van der Waals surface area contributed by atoms with E-state index >= 15 is 0 Å². The van der Waals surface area contributed by atoms with Gasteiger partial charge in [-0.05, 0) is 0 Å². The van der Waals surface area contributed by atoms with E-state index in [9.17, 15) is 8.42 Å². The van der Waals surface area contributed by atoms with Gasteiger partial charge in [-0.15, -0.1) is 0 Å². The molecule has 4 N–H and O–H groups in total. The summed E-state index contributed by atoms with van der Waals surface area (Å²) in [6.07, 6.45) is 0.715. The molecule has 0 spiro atoms. The van der Waals surface area contributed by atoms with Gasteiger partial charge in [-0.1, -0.05) is 6.92 Å². The summed E-state index contributed by atoms with van der Waals surface area (Å²) in [5, 5.41) is 23.2. The molecule has 0 aliphatic carbocycles. The van der Waals surface area contributed by atoms with Crippen LogP contribution in [0.1, 0.15) is 6.92 Å². The Kier molecular flexibility index (Phi) is 16.7. The molecule has 0 aromatic heterocycles. The topological polar surface area (TPSA) is 132 Å². The summed E-state index contributed by atoms with van der Waals surface area (Å²) in [6.45, 7) is 1.69. The summed E-state index contributed by atoms with van der Waals surface area (Å²) in [5.41, 5.74) is 0. The lowest BCUT2D eigenvalue weighted by molar-refractivity contribution is -0.122. The number of rotatable bonds is 2. The second-order valence-corrected chi connectivity index (χ2v) is 3.77. The molecule has 0 aromatic rings. The normalized spacial score (nSPS) is 9.29. The lowest BCUT2D eigenvalue weighted by atomic mass is 10.2. The van der Waals surface area contributed by atoms with E-state index in [1.54, 1.807) is 6.92 Å². The number of carboxylic acid groups (broad SMARTS) is 1. The third-order valence-electron chi connectivity index (χ3n) is 0.623. The van der Waals surface area contributed by atoms with E-state index in [1.165, 1.54) is 0 Å². The lowest BCUT2D eigenvalue weighted by Crippen LogP contribution is -2.04. The Morgan fingerprint density at radius 3 is 1.43 bits per heavy atom. The van der Waals surface area contributed by atoms with Crippen molar-refractivity contribution in [3.05, 3.63) is 0 Å². The van der Waals surface area contributed by atoms with Crippen molar-refractivity contribution in [1.82, 2.24) is 0 Å². The molecule has 0 aliphatic heterocycles. The van der Waals surface area contributed by atoms with Crippen molar-refractivity contribution >= 4 is 16.6 Å². The maximum absolute atomic E-state index is 9.19. The van der Waals surface area contributed by atoms with Gasteiger partial charge in [0, 0.05) is 19.1 Å². The van der Waals surface area contributed by atoms with Crippen LogP contribution >= 0.6 is 0 Å². The molecule has 0 aromatic carbocycles. The van der Waals surface area contributed by atoms with E-state index in [4.69, 9.17) is 24.7 Å². The number of carbonyl (C=O) groups is 1. The first kappa shape index (κ1) is 19.0. The molecule has 0 rings (SSSR count). The summed E-state index contributed by atoms with van der Waals surface area (Å²) in [4.78, 5) is 8.36. The second kappa shape index (κ2) is 12.3. The molecule has 8 heteroatoms. The Balaban J connectivity index is -0.000000138. The van der Waals surface area contributed by atoms with Gasteiger partial charge in [-0.3, -0.25) is 9.35 Å². The van der Waals surface area contributed by atoms with Crippen molar-refractivity contribution in [3.8, 4) is 0 Å². The maximum atomic E-state index is 9.19. The zero-order chi connectivity index (χ0) is 12.2. The smallest absolute Gasteiger partial charge is 0.290 e. The predicted octanol–water partition coefficient (Wildman–Crippen LogP) is -1.19. The van der Waals surface area contributed by atoms with Crippen molar-refractivity contribution in [3.63, 3.8) is 0 Å². The molecule has 0 amide bonds. The first-order valence-electron chi connectivity index (χ1n) is 3.44. The van der Waals surface area contributed by atoms with Crippen LogP contribution in [0.4, 0.5) is 0 Å². The molecule has 7 nitrogen and oxygen atoms in total. The molecule has 0 aliphatic rings. The predicted molar refractivity (Wildman–Crippen MR) is 49.5 cm³/mol. The van der Waals surface area contributed by atoms with Crippen LogP contribution in [0, 0.1) is 5.92 Å². The number of aliphatic hydroxyl groups excluding tert-OH is 2. The van der Waals surface area contributed by atoms with Crippen LogP contribution in [0.2, 0.25) is 0 Å². The van der Waals surface area contributed by atoms with Crippen LogP contribution in [0.3, 0.4) is 0 Å². The minimum Gasteiger partial charge on any atom is -0.483 e. The number of aliphatic hydroxyl groups is 2. The molecule has 0 radical (unpaired) electrons. The monoisotopic (exact) mass is 232 g/mol. The molecule has 0 heterocycles. The highest BCUT2D eigenvalue weighted by Crippen LogP contribution is 1.85. The van der Waals surface area contributed by atoms with Gasteiger partial charge in [0.05, 0.1) is 6.26 Å². The highest BCUT2D eigenvalue weighted by atomic mass is 32.2. The molecular weight excluding hydrogens is 216 g/mol. The van der Waals surface area contributed by atoms with Crippen molar-refractivity contribution in [2.45, 2.75) is 6.92 Å². The minimum atomic E-state index is -3.67. The van der Waals surface area contributed by atoms with Gasteiger partial charge in [0.1, 0.15) is 0 Å². The van der Waals surface area contributed by atoms with Crippen LogP contribution in [0.15, 0.2) is 0 Å². The number of hydrogen-bond acceptors (Lipinski definition) is 5. The molecule has 0 saturated heterocycles. The van der Waals surface area contributed by atoms with Crippen LogP contribution in [-0.2, 0) is 14.9 Å². The van der Waals surface area contributed by atoms with Crippen molar-refractivity contribution in [1.29, 1.82) is 0 Å². The average molecular weight is 232 g/mol. The summed E-state index contributed by atoms with van der Waals surface area (Å²) in [5.74, 6) is 0.0463. The van der Waals surface area contributed by atoms with Crippen molar-refractivity contribution in [2.24, 2.45) is 5.92 Å². The van der Waals surface area contributed by atoms with E-state index in [2.05, 4.69) is 0 Å². The summed E-state index contributed by atoms with van der Waals surface area (Å²) in [6, 6.07) is 0. The fourth-order valence-electron chi connectivity index (χ4n) is 0.0577. The molecule has 0 atom stereocenters. The Hall–Kier alpha value is -0.700. The Morgan fingerprint density at radius 2 is 1.43 bits per heavy atom. The zero-order valence-corrected chi connectivity index (χ0v) is 8.81. The van der Waals surface area contributed by atoms with Gasteiger partial charge in [-0.25, -0.2) is 0 Å². The minimum absolute atomic E-state index is 0.0463. The molecule has 14 heavy (non-hydrogen) atoms. The molecular formula is C6H16O7S. The van der Waals surface area contributed by atoms with E-state index < -0.39 is 10.1 Å². The fraction of sp³-hybridized carbons (Fsp3) is 0.833. The average Bonchev–Trinajstić information content (AvgIpc) is 2.01. The van der Waals surface area contributed by atoms with Gasteiger partial charge >= 0.3 is 0 Å². The highest BCUT2D eigenvalue weighted by Gasteiger charge is 1.91. The molecule has 88 valence electrons. The Morgan fingerprint density at radius 1 is 1.29 bits per heavy atom. The summed E-state index contributed by atoms with van der Waals surface area (Å²) >= 11 is 0. The fourth-order valence-corrected chi connectivity index (χ4v) is 0.0577. The Labute approximate surface area is 82.7 Å². The van der Waals surface area contributed by atoms with E-state index in [0.29, 0.717) is 6.26 Å². The first-order valence-corrected chi connectivity index (χ1v) is 5.29. The maximum Gasteiger partial charge on any atom is 0.290 e. The molecule has 0 bridgehead atoms. The molecule has 0 saturated carbocycles. The van der Waals surface area contributed by atoms with Crippen molar-refractivity contribution < 1.29 is 33.1 Å². The van der Waals surface area contributed by atoms with Gasteiger partial charge in [-0.2, -0.15) is 8.42 Å². The van der Waals surface area contributed by atoms with Crippen LogP contribution in [-0.4, -0.2) is 54.2 Å². The van der Waals surface area contributed by atoms with Crippen LogP contribution in [0.25, 0.3) is 0 Å². The van der Waals surface area contributed by atoms with Crippen LogP contribution < -0.4 is 0 Å². The SMILES string of the molecule is CC(CO)CO.CS(=O)(=O)O.O=CO. The second-order valence-electron chi connectivity index (χ2n) is 2.31. The first-order chi connectivity index (χ1) is 6.22. The third-order valence-corrected chi connectivity index (χ3v) is 0.623. The number of hydrogen-bond donors (Lipinski definition) is 4. The van der Waals surface area contributed by atoms with E-state index in [1.807, 2.05) is 0 Å². The third kappa shape index (κ3) is 110. The van der Waals surface area contributed by atoms with E-state index in [0.717, 1.165) is 0 Å². The largest absolute Gasteiger partial charge is 0.483 e. The lowest BCUT2D eigenvalue weighted by Gasteiger charge is -1.97.